The van der Waals surface area contributed by atoms with E-state index in [1.165, 1.54) is 11.3 Å². The van der Waals surface area contributed by atoms with Gasteiger partial charge in [0.25, 0.3) is 0 Å². The molecule has 6 heteroatoms. The Kier molecular flexibility index (Phi) is 3.47. The van der Waals surface area contributed by atoms with E-state index in [2.05, 4.69) is 20.9 Å². The number of nitrogens with two attached hydrogens (primary N) is 1. The molecule has 0 radical (unpaired) electrons. The van der Waals surface area contributed by atoms with Crippen molar-refractivity contribution in [1.29, 1.82) is 0 Å². The van der Waals surface area contributed by atoms with Gasteiger partial charge in [0, 0.05) is 20.4 Å². The Bertz CT molecular complexity index is 461. The van der Waals surface area contributed by atoms with Crippen molar-refractivity contribution in [3.05, 3.63) is 35.8 Å². The molecule has 0 aliphatic heterocycles. The average molecular weight is 324 g/mol. The molecule has 0 spiro atoms. The van der Waals surface area contributed by atoms with Crippen molar-refractivity contribution in [3.63, 3.8) is 0 Å². The van der Waals surface area contributed by atoms with E-state index in [4.69, 9.17) is 17.3 Å². The van der Waals surface area contributed by atoms with Crippen LogP contribution in [0.2, 0.25) is 4.34 Å². The van der Waals surface area contributed by atoms with Crippen molar-refractivity contribution in [2.75, 3.05) is 0 Å². The smallest absolute Gasteiger partial charge is 0.115 e. The van der Waals surface area contributed by atoms with Gasteiger partial charge in [-0.2, -0.15) is 0 Å². The molecule has 2 nitrogen and oxygen atoms in total. The Labute approximate surface area is 109 Å². The number of rotatable bonds is 2. The first-order chi connectivity index (χ1) is 7.08. The van der Waals surface area contributed by atoms with E-state index >= 15 is 0 Å². The second-order valence-corrected chi connectivity index (χ2v) is 6.51. The number of hydrogen-bond acceptors (Lipinski definition) is 4. The Balaban J connectivity index is 2.31. The van der Waals surface area contributed by atoms with E-state index in [1.807, 2.05) is 18.4 Å². The molecule has 2 aromatic heterocycles. The maximum atomic E-state index is 6.09. The number of hydrogen-bond donors (Lipinski definition) is 1. The topological polar surface area (TPSA) is 38.9 Å². The van der Waals surface area contributed by atoms with E-state index in [-0.39, 0.29) is 6.04 Å². The summed E-state index contributed by atoms with van der Waals surface area (Å²) in [6, 6.07) is 1.78. The SMILES string of the molecule is Cc1csc(C(N)c2cc(Br)c(Cl)s2)n1. The predicted molar refractivity (Wildman–Crippen MR) is 69.9 cm³/mol. The number of thiophene rings is 1. The molecule has 2 heterocycles. The van der Waals surface area contributed by atoms with Crippen LogP contribution in [0.1, 0.15) is 21.6 Å². The van der Waals surface area contributed by atoms with Gasteiger partial charge in [0.15, 0.2) is 0 Å². The fraction of sp³-hybridized carbons (Fsp3) is 0.222. The van der Waals surface area contributed by atoms with Crippen molar-refractivity contribution >= 4 is 50.2 Å². The van der Waals surface area contributed by atoms with Gasteiger partial charge in [-0.3, -0.25) is 0 Å². The summed E-state index contributed by atoms with van der Waals surface area (Å²) >= 11 is 12.4. The summed E-state index contributed by atoms with van der Waals surface area (Å²) in [4.78, 5) is 5.40. The normalized spacial score (nSPS) is 13.1. The molecule has 0 aromatic carbocycles. The lowest BCUT2D eigenvalue weighted by atomic mass is 10.3. The molecule has 0 amide bonds. The summed E-state index contributed by atoms with van der Waals surface area (Å²) in [5.74, 6) is 0. The lowest BCUT2D eigenvalue weighted by Crippen LogP contribution is -2.09. The molecule has 0 fully saturated rings. The summed E-state index contributed by atoms with van der Waals surface area (Å²) in [6.45, 7) is 1.96. The standard InChI is InChI=1S/C9H8BrClN2S2/c1-4-3-14-9(13-4)7(12)6-2-5(10)8(11)15-6/h2-3,7H,12H2,1H3. The minimum absolute atomic E-state index is 0.169. The molecule has 0 bridgehead atoms. The third-order valence-corrected chi connectivity index (χ3v) is 5.48. The molecule has 0 aliphatic rings. The van der Waals surface area contributed by atoms with E-state index < -0.39 is 0 Å². The van der Waals surface area contributed by atoms with Crippen LogP contribution in [-0.4, -0.2) is 4.98 Å². The van der Waals surface area contributed by atoms with Crippen LogP contribution >= 0.6 is 50.2 Å². The fourth-order valence-electron chi connectivity index (χ4n) is 1.15. The highest BCUT2D eigenvalue weighted by Gasteiger charge is 2.16. The molecule has 15 heavy (non-hydrogen) atoms. The van der Waals surface area contributed by atoms with Crippen molar-refractivity contribution in [2.24, 2.45) is 5.73 Å². The van der Waals surface area contributed by atoms with Gasteiger partial charge in [-0.05, 0) is 28.9 Å². The van der Waals surface area contributed by atoms with Gasteiger partial charge in [-0.15, -0.1) is 22.7 Å². The molecular formula is C9H8BrClN2S2. The molecule has 80 valence electrons. The molecule has 1 unspecified atom stereocenters. The summed E-state index contributed by atoms with van der Waals surface area (Å²) in [6.07, 6.45) is 0. The highest BCUT2D eigenvalue weighted by Crippen LogP contribution is 2.36. The minimum Gasteiger partial charge on any atom is -0.318 e. The zero-order chi connectivity index (χ0) is 11.0. The first-order valence-electron chi connectivity index (χ1n) is 4.20. The Hall–Kier alpha value is 0.0600. The monoisotopic (exact) mass is 322 g/mol. The maximum Gasteiger partial charge on any atom is 0.115 e. The van der Waals surface area contributed by atoms with Gasteiger partial charge in [-0.1, -0.05) is 11.6 Å². The molecule has 2 rings (SSSR count). The molecule has 1 atom stereocenters. The lowest BCUT2D eigenvalue weighted by Gasteiger charge is -2.04. The van der Waals surface area contributed by atoms with Gasteiger partial charge in [0.05, 0.1) is 6.04 Å². The van der Waals surface area contributed by atoms with Crippen molar-refractivity contribution in [1.82, 2.24) is 4.98 Å². The number of thiazole rings is 1. The van der Waals surface area contributed by atoms with Crippen molar-refractivity contribution in [3.8, 4) is 0 Å². The highest BCUT2D eigenvalue weighted by molar-refractivity contribution is 9.10. The molecule has 0 saturated heterocycles. The number of nitrogens with zero attached hydrogens (tertiary/aromatic N) is 1. The van der Waals surface area contributed by atoms with E-state index in [0.717, 1.165) is 24.4 Å². The molecule has 0 aliphatic carbocycles. The van der Waals surface area contributed by atoms with Gasteiger partial charge in [0.1, 0.15) is 9.34 Å². The first kappa shape index (κ1) is 11.5. The van der Waals surface area contributed by atoms with Crippen LogP contribution in [-0.2, 0) is 0 Å². The van der Waals surface area contributed by atoms with Gasteiger partial charge >= 0.3 is 0 Å². The number of halogens is 2. The Morgan fingerprint density at radius 3 is 2.80 bits per heavy atom. The third kappa shape index (κ3) is 2.42. The van der Waals surface area contributed by atoms with E-state index in [0.29, 0.717) is 0 Å². The maximum absolute atomic E-state index is 6.09. The molecule has 2 aromatic rings. The van der Waals surface area contributed by atoms with Crippen molar-refractivity contribution in [2.45, 2.75) is 13.0 Å². The summed E-state index contributed by atoms with van der Waals surface area (Å²) < 4.78 is 1.63. The van der Waals surface area contributed by atoms with Crippen LogP contribution in [0.4, 0.5) is 0 Å². The third-order valence-electron chi connectivity index (χ3n) is 1.87. The Morgan fingerprint density at radius 2 is 2.33 bits per heavy atom. The van der Waals surface area contributed by atoms with E-state index in [9.17, 15) is 0 Å². The number of aryl methyl sites for hydroxylation is 1. The fourth-order valence-corrected chi connectivity index (χ4v) is 3.78. The summed E-state index contributed by atoms with van der Waals surface area (Å²) in [5, 5.41) is 2.93. The lowest BCUT2D eigenvalue weighted by molar-refractivity contribution is 0.871. The van der Waals surface area contributed by atoms with Crippen LogP contribution < -0.4 is 5.73 Å². The molecular weight excluding hydrogens is 316 g/mol. The van der Waals surface area contributed by atoms with E-state index in [1.54, 1.807) is 11.3 Å². The van der Waals surface area contributed by atoms with Crippen molar-refractivity contribution < 1.29 is 0 Å². The summed E-state index contributed by atoms with van der Waals surface area (Å²) in [5.41, 5.74) is 7.10. The van der Waals surface area contributed by atoms with Crippen LogP contribution in [0, 0.1) is 6.92 Å². The first-order valence-corrected chi connectivity index (χ1v) is 7.07. The van der Waals surface area contributed by atoms with Gasteiger partial charge in [-0.25, -0.2) is 4.98 Å². The number of aromatic nitrogens is 1. The predicted octanol–water partition coefficient (Wildman–Crippen LogP) is 3.98. The van der Waals surface area contributed by atoms with Gasteiger partial charge < -0.3 is 5.73 Å². The second kappa shape index (κ2) is 4.51. The van der Waals surface area contributed by atoms with Gasteiger partial charge in [0.2, 0.25) is 0 Å². The van der Waals surface area contributed by atoms with Crippen LogP contribution in [0.3, 0.4) is 0 Å². The van der Waals surface area contributed by atoms with Crippen LogP contribution in [0.15, 0.2) is 15.9 Å². The Morgan fingerprint density at radius 1 is 1.60 bits per heavy atom. The van der Waals surface area contributed by atoms with Crippen LogP contribution in [0.5, 0.6) is 0 Å². The van der Waals surface area contributed by atoms with Crippen LogP contribution in [0.25, 0.3) is 0 Å². The quantitative estimate of drug-likeness (QED) is 0.908. The zero-order valence-corrected chi connectivity index (χ0v) is 11.8. The average Bonchev–Trinajstić information content (AvgIpc) is 2.74. The largest absolute Gasteiger partial charge is 0.318 e. The second-order valence-electron chi connectivity index (χ2n) is 3.08. The zero-order valence-electron chi connectivity index (χ0n) is 7.83. The summed E-state index contributed by atoms with van der Waals surface area (Å²) in [7, 11) is 0. The molecule has 2 N–H and O–H groups in total. The minimum atomic E-state index is -0.169. The molecule has 0 saturated carbocycles. The highest BCUT2D eigenvalue weighted by atomic mass is 79.9.